The van der Waals surface area contributed by atoms with Crippen molar-refractivity contribution >= 4 is 11.9 Å². The Hall–Kier alpha value is -1.88. The third-order valence-corrected chi connectivity index (χ3v) is 2.83. The topological polar surface area (TPSA) is 64.6 Å². The van der Waals surface area contributed by atoms with Crippen molar-refractivity contribution in [3.8, 4) is 0 Å². The molecule has 0 amide bonds. The Morgan fingerprint density at radius 2 is 2.17 bits per heavy atom. The lowest BCUT2D eigenvalue weighted by Gasteiger charge is -2.19. The molecular formula is C13H15NO4. The molecule has 0 saturated carbocycles. The maximum absolute atomic E-state index is 11.8. The van der Waals surface area contributed by atoms with Crippen LogP contribution in [-0.4, -0.2) is 31.7 Å². The highest BCUT2D eigenvalue weighted by Gasteiger charge is 2.30. The van der Waals surface area contributed by atoms with Gasteiger partial charge in [-0.05, 0) is 5.56 Å². The third kappa shape index (κ3) is 2.87. The number of esters is 2. The highest BCUT2D eigenvalue weighted by molar-refractivity contribution is 5.78. The van der Waals surface area contributed by atoms with E-state index < -0.39 is 6.04 Å². The summed E-state index contributed by atoms with van der Waals surface area (Å²) in [6.07, 6.45) is 0.278. The summed E-state index contributed by atoms with van der Waals surface area (Å²) < 4.78 is 9.64. The van der Waals surface area contributed by atoms with Gasteiger partial charge in [-0.3, -0.25) is 10.1 Å². The molecule has 0 radical (unpaired) electrons. The molecule has 0 aliphatic carbocycles. The summed E-state index contributed by atoms with van der Waals surface area (Å²) in [6, 6.07) is 8.53. The molecule has 1 aromatic rings. The third-order valence-electron chi connectivity index (χ3n) is 2.83. The first kappa shape index (κ1) is 12.6. The van der Waals surface area contributed by atoms with Gasteiger partial charge in [0, 0.05) is 0 Å². The molecule has 1 N–H and O–H groups in total. The number of cyclic esters (lactones) is 1. The van der Waals surface area contributed by atoms with Crippen molar-refractivity contribution in [3.05, 3.63) is 35.9 Å². The van der Waals surface area contributed by atoms with Crippen LogP contribution in [0.15, 0.2) is 30.3 Å². The molecule has 0 unspecified atom stereocenters. The normalized spacial score (nSPS) is 20.3. The fourth-order valence-corrected chi connectivity index (χ4v) is 1.92. The van der Waals surface area contributed by atoms with Gasteiger partial charge < -0.3 is 9.47 Å². The van der Waals surface area contributed by atoms with Crippen LogP contribution in [0.25, 0.3) is 0 Å². The predicted octanol–water partition coefficient (Wildman–Crippen LogP) is 0.806. The summed E-state index contributed by atoms with van der Waals surface area (Å²) >= 11 is 0. The van der Waals surface area contributed by atoms with Crippen LogP contribution < -0.4 is 5.32 Å². The second-order valence-electron chi connectivity index (χ2n) is 4.12. The zero-order valence-corrected chi connectivity index (χ0v) is 10.1. The van der Waals surface area contributed by atoms with E-state index in [1.54, 1.807) is 0 Å². The molecule has 5 heteroatoms. The second-order valence-corrected chi connectivity index (χ2v) is 4.12. The zero-order chi connectivity index (χ0) is 13.0. The summed E-state index contributed by atoms with van der Waals surface area (Å²) in [6.45, 7) is 0.291. The van der Waals surface area contributed by atoms with Crippen LogP contribution in [0.3, 0.4) is 0 Å². The SMILES string of the molecule is COC(=O)[C@H](N[C@@H]1COC(=O)C1)c1ccccc1. The van der Waals surface area contributed by atoms with E-state index in [9.17, 15) is 9.59 Å². The molecular weight excluding hydrogens is 234 g/mol. The maximum Gasteiger partial charge on any atom is 0.327 e. The van der Waals surface area contributed by atoms with Crippen molar-refractivity contribution < 1.29 is 19.1 Å². The van der Waals surface area contributed by atoms with Crippen LogP contribution in [0.1, 0.15) is 18.0 Å². The first-order chi connectivity index (χ1) is 8.70. The minimum atomic E-state index is -0.573. The summed E-state index contributed by atoms with van der Waals surface area (Å²) in [5.41, 5.74) is 0.809. The van der Waals surface area contributed by atoms with E-state index >= 15 is 0 Å². The number of ether oxygens (including phenoxy) is 2. The number of carbonyl (C=O) groups excluding carboxylic acids is 2. The van der Waals surface area contributed by atoms with Gasteiger partial charge in [0.1, 0.15) is 12.6 Å². The summed E-state index contributed by atoms with van der Waals surface area (Å²) in [7, 11) is 1.34. The molecule has 5 nitrogen and oxygen atoms in total. The lowest BCUT2D eigenvalue weighted by molar-refractivity contribution is -0.143. The van der Waals surface area contributed by atoms with E-state index in [1.165, 1.54) is 7.11 Å². The number of rotatable bonds is 4. The highest BCUT2D eigenvalue weighted by atomic mass is 16.5. The largest absolute Gasteiger partial charge is 0.468 e. The number of hydrogen-bond donors (Lipinski definition) is 1. The number of benzene rings is 1. The molecule has 0 bridgehead atoms. The Morgan fingerprint density at radius 1 is 1.44 bits per heavy atom. The molecule has 1 fully saturated rings. The minimum Gasteiger partial charge on any atom is -0.468 e. The van der Waals surface area contributed by atoms with Gasteiger partial charge >= 0.3 is 11.9 Å². The average molecular weight is 249 g/mol. The van der Waals surface area contributed by atoms with Gasteiger partial charge in [0.25, 0.3) is 0 Å². The van der Waals surface area contributed by atoms with E-state index in [0.717, 1.165) is 5.56 Å². The van der Waals surface area contributed by atoms with Gasteiger partial charge in [0.15, 0.2) is 0 Å². The van der Waals surface area contributed by atoms with Gasteiger partial charge in [0.05, 0.1) is 19.6 Å². The first-order valence-electron chi connectivity index (χ1n) is 5.75. The predicted molar refractivity (Wildman–Crippen MR) is 63.7 cm³/mol. The van der Waals surface area contributed by atoms with Gasteiger partial charge in [-0.2, -0.15) is 0 Å². The molecule has 18 heavy (non-hydrogen) atoms. The molecule has 2 atom stereocenters. The molecule has 0 spiro atoms. The number of nitrogens with one attached hydrogen (secondary N) is 1. The monoisotopic (exact) mass is 249 g/mol. The maximum atomic E-state index is 11.8. The smallest absolute Gasteiger partial charge is 0.327 e. The fraction of sp³-hybridized carbons (Fsp3) is 0.385. The van der Waals surface area contributed by atoms with Crippen LogP contribution in [0, 0.1) is 0 Å². The molecule has 1 aromatic carbocycles. The second kappa shape index (κ2) is 5.64. The molecule has 1 saturated heterocycles. The van der Waals surface area contributed by atoms with Gasteiger partial charge in [-0.25, -0.2) is 4.79 Å². The van der Waals surface area contributed by atoms with Crippen LogP contribution in [0.5, 0.6) is 0 Å². The standard InChI is InChI=1S/C13H15NO4/c1-17-13(16)12(9-5-3-2-4-6-9)14-10-7-11(15)18-8-10/h2-6,10,12,14H,7-8H2,1H3/t10-,12+/m0/s1. The van der Waals surface area contributed by atoms with Crippen molar-refractivity contribution in [1.82, 2.24) is 5.32 Å². The van der Waals surface area contributed by atoms with Crippen molar-refractivity contribution in [3.63, 3.8) is 0 Å². The Kier molecular flexibility index (Phi) is 3.94. The minimum absolute atomic E-state index is 0.151. The molecule has 96 valence electrons. The van der Waals surface area contributed by atoms with Crippen molar-refractivity contribution in [2.45, 2.75) is 18.5 Å². The van der Waals surface area contributed by atoms with E-state index in [4.69, 9.17) is 9.47 Å². The molecule has 0 aromatic heterocycles. The summed E-state index contributed by atoms with van der Waals surface area (Å²) in [4.78, 5) is 22.8. The molecule has 1 heterocycles. The Labute approximate surface area is 105 Å². The number of methoxy groups -OCH3 is 1. The molecule has 1 aliphatic heterocycles. The zero-order valence-electron chi connectivity index (χ0n) is 10.1. The Balaban J connectivity index is 2.11. The van der Waals surface area contributed by atoms with E-state index in [1.807, 2.05) is 30.3 Å². The fourth-order valence-electron chi connectivity index (χ4n) is 1.92. The van der Waals surface area contributed by atoms with Crippen LogP contribution in [-0.2, 0) is 19.1 Å². The summed E-state index contributed by atoms with van der Waals surface area (Å²) in [5, 5.41) is 3.09. The van der Waals surface area contributed by atoms with Crippen molar-refractivity contribution in [1.29, 1.82) is 0 Å². The lowest BCUT2D eigenvalue weighted by atomic mass is 10.1. The highest BCUT2D eigenvalue weighted by Crippen LogP contribution is 2.17. The van der Waals surface area contributed by atoms with Crippen molar-refractivity contribution in [2.24, 2.45) is 0 Å². The lowest BCUT2D eigenvalue weighted by Crippen LogP contribution is -2.38. The van der Waals surface area contributed by atoms with E-state index in [0.29, 0.717) is 6.61 Å². The average Bonchev–Trinajstić information content (AvgIpc) is 2.82. The van der Waals surface area contributed by atoms with Crippen LogP contribution >= 0.6 is 0 Å². The van der Waals surface area contributed by atoms with E-state index in [-0.39, 0.29) is 24.4 Å². The first-order valence-corrected chi connectivity index (χ1v) is 5.75. The number of carbonyl (C=O) groups is 2. The van der Waals surface area contributed by atoms with Gasteiger partial charge in [0.2, 0.25) is 0 Å². The van der Waals surface area contributed by atoms with Crippen LogP contribution in [0.2, 0.25) is 0 Å². The summed E-state index contributed by atoms with van der Waals surface area (Å²) in [5.74, 6) is -0.621. The quantitative estimate of drug-likeness (QED) is 0.800. The molecule has 2 rings (SSSR count). The molecule has 1 aliphatic rings. The van der Waals surface area contributed by atoms with Crippen LogP contribution in [0.4, 0.5) is 0 Å². The Morgan fingerprint density at radius 3 is 2.72 bits per heavy atom. The van der Waals surface area contributed by atoms with Crippen molar-refractivity contribution in [2.75, 3.05) is 13.7 Å². The van der Waals surface area contributed by atoms with Gasteiger partial charge in [-0.15, -0.1) is 0 Å². The number of hydrogen-bond acceptors (Lipinski definition) is 5. The van der Waals surface area contributed by atoms with E-state index in [2.05, 4.69) is 5.32 Å². The van der Waals surface area contributed by atoms with Gasteiger partial charge in [-0.1, -0.05) is 30.3 Å². The Bertz CT molecular complexity index is 432.